The molecule has 2 heterocycles. The van der Waals surface area contributed by atoms with E-state index in [1.807, 2.05) is 11.8 Å². The number of aliphatic hydroxyl groups is 1. The highest BCUT2D eigenvalue weighted by atomic mass is 16.3. The van der Waals surface area contributed by atoms with E-state index in [1.54, 1.807) is 6.07 Å². The number of rotatable bonds is 2. The van der Waals surface area contributed by atoms with Crippen LogP contribution in [0.1, 0.15) is 55.8 Å². The minimum Gasteiger partial charge on any atom is -0.390 e. The van der Waals surface area contributed by atoms with Gasteiger partial charge in [-0.3, -0.25) is 9.59 Å². The van der Waals surface area contributed by atoms with Crippen molar-refractivity contribution in [3.63, 3.8) is 0 Å². The maximum atomic E-state index is 12.8. The highest BCUT2D eigenvalue weighted by molar-refractivity contribution is 5.94. The van der Waals surface area contributed by atoms with Crippen LogP contribution in [0.15, 0.2) is 23.1 Å². The minimum absolute atomic E-state index is 0.0853. The SMILES string of the molecule is C[C@]1(O)CCCC[C@H]1[C@H]1CCCN1C(=O)c1cc[nH]c(=O)c1. The Morgan fingerprint density at radius 2 is 2.18 bits per heavy atom. The Hall–Kier alpha value is -1.62. The van der Waals surface area contributed by atoms with Gasteiger partial charge in [-0.05, 0) is 38.7 Å². The molecule has 1 aromatic heterocycles. The van der Waals surface area contributed by atoms with Gasteiger partial charge in [0.05, 0.1) is 5.60 Å². The zero-order valence-corrected chi connectivity index (χ0v) is 13.0. The summed E-state index contributed by atoms with van der Waals surface area (Å²) in [6.07, 6.45) is 7.36. The molecule has 3 rings (SSSR count). The molecule has 1 aliphatic carbocycles. The van der Waals surface area contributed by atoms with E-state index in [2.05, 4.69) is 4.98 Å². The lowest BCUT2D eigenvalue weighted by Gasteiger charge is -2.43. The average Bonchev–Trinajstić information content (AvgIpc) is 2.95. The Bertz CT molecular complexity index is 608. The Morgan fingerprint density at radius 3 is 2.91 bits per heavy atom. The number of pyridine rings is 1. The quantitative estimate of drug-likeness (QED) is 0.876. The zero-order valence-electron chi connectivity index (χ0n) is 13.0. The highest BCUT2D eigenvalue weighted by Crippen LogP contribution is 2.40. The first-order valence-electron chi connectivity index (χ1n) is 8.21. The number of carbonyl (C=O) groups is 1. The van der Waals surface area contributed by atoms with Crippen molar-refractivity contribution in [2.24, 2.45) is 5.92 Å². The largest absolute Gasteiger partial charge is 0.390 e. The molecule has 2 aliphatic rings. The third kappa shape index (κ3) is 2.82. The molecule has 0 spiro atoms. The van der Waals surface area contributed by atoms with E-state index in [1.165, 1.54) is 12.3 Å². The first-order valence-corrected chi connectivity index (χ1v) is 8.21. The molecule has 2 N–H and O–H groups in total. The summed E-state index contributed by atoms with van der Waals surface area (Å²) in [7, 11) is 0. The van der Waals surface area contributed by atoms with Gasteiger partial charge in [0, 0.05) is 36.3 Å². The molecule has 3 atom stereocenters. The lowest BCUT2D eigenvalue weighted by Crippen LogP contribution is -2.50. The van der Waals surface area contributed by atoms with Crippen molar-refractivity contribution in [3.8, 4) is 0 Å². The smallest absolute Gasteiger partial charge is 0.254 e. The van der Waals surface area contributed by atoms with Gasteiger partial charge in [-0.1, -0.05) is 12.8 Å². The number of amides is 1. The van der Waals surface area contributed by atoms with Crippen LogP contribution in [-0.4, -0.2) is 39.1 Å². The van der Waals surface area contributed by atoms with Gasteiger partial charge in [0.1, 0.15) is 0 Å². The Morgan fingerprint density at radius 1 is 1.36 bits per heavy atom. The molecule has 0 aromatic carbocycles. The number of hydrogen-bond acceptors (Lipinski definition) is 3. The number of aromatic amines is 1. The summed E-state index contributed by atoms with van der Waals surface area (Å²) >= 11 is 0. The van der Waals surface area contributed by atoms with E-state index in [0.717, 1.165) is 38.5 Å². The van der Waals surface area contributed by atoms with Crippen LogP contribution in [0.25, 0.3) is 0 Å². The molecule has 1 saturated heterocycles. The molecule has 0 unspecified atom stereocenters. The number of hydrogen-bond donors (Lipinski definition) is 2. The topological polar surface area (TPSA) is 73.4 Å². The Kier molecular flexibility index (Phi) is 4.08. The second kappa shape index (κ2) is 5.88. The molecule has 0 bridgehead atoms. The predicted molar refractivity (Wildman–Crippen MR) is 83.7 cm³/mol. The molecule has 1 amide bonds. The van der Waals surface area contributed by atoms with Crippen molar-refractivity contribution in [3.05, 3.63) is 34.2 Å². The lowest BCUT2D eigenvalue weighted by molar-refractivity contribution is -0.0577. The van der Waals surface area contributed by atoms with Gasteiger partial charge in [-0.2, -0.15) is 0 Å². The van der Waals surface area contributed by atoms with Gasteiger partial charge in [0.25, 0.3) is 5.91 Å². The molecule has 120 valence electrons. The Balaban J connectivity index is 1.84. The van der Waals surface area contributed by atoms with E-state index in [0.29, 0.717) is 12.1 Å². The van der Waals surface area contributed by atoms with Crippen LogP contribution < -0.4 is 5.56 Å². The molecular formula is C17H24N2O3. The molecule has 1 aromatic rings. The first kappa shape index (κ1) is 15.3. The summed E-state index contributed by atoms with van der Waals surface area (Å²) in [4.78, 5) is 28.6. The minimum atomic E-state index is -0.694. The number of aromatic nitrogens is 1. The van der Waals surface area contributed by atoms with E-state index in [4.69, 9.17) is 0 Å². The van der Waals surface area contributed by atoms with Crippen molar-refractivity contribution in [1.29, 1.82) is 0 Å². The second-order valence-electron chi connectivity index (χ2n) is 6.86. The van der Waals surface area contributed by atoms with Crippen LogP contribution in [0.4, 0.5) is 0 Å². The second-order valence-corrected chi connectivity index (χ2v) is 6.86. The van der Waals surface area contributed by atoms with Crippen molar-refractivity contribution in [2.45, 2.75) is 57.1 Å². The van der Waals surface area contributed by atoms with Gasteiger partial charge < -0.3 is 15.0 Å². The van der Waals surface area contributed by atoms with Gasteiger partial charge in [-0.25, -0.2) is 0 Å². The summed E-state index contributed by atoms with van der Waals surface area (Å²) in [6.45, 7) is 2.62. The van der Waals surface area contributed by atoms with Gasteiger partial charge >= 0.3 is 0 Å². The Labute approximate surface area is 130 Å². The molecule has 5 heteroatoms. The number of nitrogens with one attached hydrogen (secondary N) is 1. The average molecular weight is 304 g/mol. The summed E-state index contributed by atoms with van der Waals surface area (Å²) in [5.74, 6) is 0.0460. The number of likely N-dealkylation sites (tertiary alicyclic amines) is 1. The molecule has 2 fully saturated rings. The van der Waals surface area contributed by atoms with Gasteiger partial charge in [0.15, 0.2) is 0 Å². The monoisotopic (exact) mass is 304 g/mol. The molecular weight excluding hydrogens is 280 g/mol. The van der Waals surface area contributed by atoms with E-state index >= 15 is 0 Å². The third-order valence-corrected chi connectivity index (χ3v) is 5.29. The maximum Gasteiger partial charge on any atom is 0.254 e. The summed E-state index contributed by atoms with van der Waals surface area (Å²) in [6, 6.07) is 3.09. The van der Waals surface area contributed by atoms with Crippen molar-refractivity contribution in [1.82, 2.24) is 9.88 Å². The zero-order chi connectivity index (χ0) is 15.7. The van der Waals surface area contributed by atoms with Crippen molar-refractivity contribution >= 4 is 5.91 Å². The van der Waals surface area contributed by atoms with Crippen molar-refractivity contribution in [2.75, 3.05) is 6.54 Å². The van der Waals surface area contributed by atoms with E-state index in [-0.39, 0.29) is 23.4 Å². The van der Waals surface area contributed by atoms with Crippen LogP contribution >= 0.6 is 0 Å². The van der Waals surface area contributed by atoms with Crippen molar-refractivity contribution < 1.29 is 9.90 Å². The fourth-order valence-corrected chi connectivity index (χ4v) is 4.16. The number of nitrogens with zero attached hydrogens (tertiary/aromatic N) is 1. The molecule has 1 saturated carbocycles. The van der Waals surface area contributed by atoms with E-state index < -0.39 is 5.60 Å². The number of carbonyl (C=O) groups excluding carboxylic acids is 1. The fraction of sp³-hybridized carbons (Fsp3) is 0.647. The standard InChI is InChI=1S/C17H24N2O3/c1-17(22)8-3-2-5-13(17)14-6-4-10-19(14)16(21)12-7-9-18-15(20)11-12/h7,9,11,13-14,22H,2-6,8,10H2,1H3,(H,18,20)/t13-,14+,17-/m0/s1. The summed E-state index contributed by atoms with van der Waals surface area (Å²) in [5, 5.41) is 10.7. The van der Waals surface area contributed by atoms with E-state index in [9.17, 15) is 14.7 Å². The molecule has 1 aliphatic heterocycles. The van der Waals surface area contributed by atoms with Crippen LogP contribution in [0, 0.1) is 5.92 Å². The predicted octanol–water partition coefficient (Wildman–Crippen LogP) is 1.92. The first-order chi connectivity index (χ1) is 10.5. The lowest BCUT2D eigenvalue weighted by atomic mass is 9.72. The van der Waals surface area contributed by atoms with Gasteiger partial charge in [-0.15, -0.1) is 0 Å². The van der Waals surface area contributed by atoms with Gasteiger partial charge in [0.2, 0.25) is 5.56 Å². The maximum absolute atomic E-state index is 12.8. The summed E-state index contributed by atoms with van der Waals surface area (Å²) in [5.41, 5.74) is -0.516. The molecule has 0 radical (unpaired) electrons. The van der Waals surface area contributed by atoms with Crippen LogP contribution in [-0.2, 0) is 0 Å². The highest BCUT2D eigenvalue weighted by Gasteiger charge is 2.44. The van der Waals surface area contributed by atoms with Crippen LogP contribution in [0.5, 0.6) is 0 Å². The van der Waals surface area contributed by atoms with Crippen LogP contribution in [0.2, 0.25) is 0 Å². The summed E-state index contributed by atoms with van der Waals surface area (Å²) < 4.78 is 0. The molecule has 5 nitrogen and oxygen atoms in total. The normalized spacial score (nSPS) is 32.2. The molecule has 22 heavy (non-hydrogen) atoms. The van der Waals surface area contributed by atoms with Crippen LogP contribution in [0.3, 0.4) is 0 Å². The number of H-pyrrole nitrogens is 1. The third-order valence-electron chi connectivity index (χ3n) is 5.29. The fourth-order valence-electron chi connectivity index (χ4n) is 4.16.